The zero-order valence-electron chi connectivity index (χ0n) is 12.0. The summed E-state index contributed by atoms with van der Waals surface area (Å²) in [4.78, 5) is 1.24. The predicted molar refractivity (Wildman–Crippen MR) is 85.1 cm³/mol. The van der Waals surface area contributed by atoms with Gasteiger partial charge >= 0.3 is 0 Å². The Balaban J connectivity index is 2.14. The van der Waals surface area contributed by atoms with E-state index >= 15 is 0 Å². The highest BCUT2D eigenvalue weighted by Crippen LogP contribution is 2.31. The van der Waals surface area contributed by atoms with Crippen LogP contribution in [0.4, 0.5) is 5.69 Å². The van der Waals surface area contributed by atoms with Crippen molar-refractivity contribution in [2.24, 2.45) is 0 Å². The second-order valence-corrected chi connectivity index (χ2v) is 5.12. The van der Waals surface area contributed by atoms with Gasteiger partial charge in [-0.2, -0.15) is 0 Å². The minimum Gasteiger partial charge on any atom is -0.493 e. The van der Waals surface area contributed by atoms with E-state index in [1.807, 2.05) is 18.2 Å². The fraction of sp³-hybridized carbons (Fsp3) is 0.250. The van der Waals surface area contributed by atoms with E-state index in [1.165, 1.54) is 4.90 Å². The summed E-state index contributed by atoms with van der Waals surface area (Å²) in [7, 11) is 3.31. The Hall–Kier alpha value is -1.81. The van der Waals surface area contributed by atoms with Crippen molar-refractivity contribution >= 4 is 17.4 Å². The molecule has 0 aliphatic carbocycles. The molecule has 20 heavy (non-hydrogen) atoms. The fourth-order valence-corrected chi connectivity index (χ4v) is 2.48. The normalized spacial score (nSPS) is 10.2. The van der Waals surface area contributed by atoms with E-state index < -0.39 is 0 Å². The number of hydrogen-bond donors (Lipinski definition) is 1. The number of hydrogen-bond acceptors (Lipinski definition) is 4. The molecule has 2 aromatic carbocycles. The van der Waals surface area contributed by atoms with Crippen molar-refractivity contribution in [3.8, 4) is 11.5 Å². The van der Waals surface area contributed by atoms with Crippen LogP contribution in [0.2, 0.25) is 0 Å². The third kappa shape index (κ3) is 3.39. The Kier molecular flexibility index (Phi) is 5.18. The van der Waals surface area contributed by atoms with Crippen molar-refractivity contribution in [1.82, 2.24) is 0 Å². The van der Waals surface area contributed by atoms with Crippen LogP contribution in [0.5, 0.6) is 11.5 Å². The predicted octanol–water partition coefficient (Wildman–Crippen LogP) is 4.04. The third-order valence-corrected chi connectivity index (χ3v) is 3.76. The summed E-state index contributed by atoms with van der Waals surface area (Å²) in [5.74, 6) is 1.54. The maximum Gasteiger partial charge on any atom is 0.165 e. The van der Waals surface area contributed by atoms with Gasteiger partial charge < -0.3 is 14.8 Å². The molecule has 0 amide bonds. The van der Waals surface area contributed by atoms with Gasteiger partial charge in [0.05, 0.1) is 14.2 Å². The molecule has 106 valence electrons. The van der Waals surface area contributed by atoms with E-state index in [2.05, 4.69) is 35.8 Å². The van der Waals surface area contributed by atoms with Crippen LogP contribution in [0.1, 0.15) is 5.56 Å². The number of methoxy groups -OCH3 is 2. The van der Waals surface area contributed by atoms with Crippen LogP contribution in [0.15, 0.2) is 47.4 Å². The minimum absolute atomic E-state index is 0.693. The molecule has 1 N–H and O–H groups in total. The lowest BCUT2D eigenvalue weighted by Crippen LogP contribution is -2.03. The summed E-state index contributed by atoms with van der Waals surface area (Å²) < 4.78 is 10.7. The second kappa shape index (κ2) is 7.10. The number of thioether (sulfide) groups is 1. The standard InChI is InChI=1S/C16H19NO2S/c1-18-15-9-4-6-12(16(15)19-2)11-17-13-7-5-8-14(10-13)20-3/h4-10,17H,11H2,1-3H3. The highest BCUT2D eigenvalue weighted by atomic mass is 32.2. The summed E-state index contributed by atoms with van der Waals surface area (Å²) in [6.45, 7) is 0.693. The van der Waals surface area contributed by atoms with Gasteiger partial charge in [-0.25, -0.2) is 0 Å². The minimum atomic E-state index is 0.693. The summed E-state index contributed by atoms with van der Waals surface area (Å²) in [5, 5.41) is 3.41. The van der Waals surface area contributed by atoms with Gasteiger partial charge in [-0.3, -0.25) is 0 Å². The molecule has 0 heterocycles. The van der Waals surface area contributed by atoms with Crippen LogP contribution < -0.4 is 14.8 Å². The number of rotatable bonds is 6. The molecule has 0 bridgehead atoms. The number of nitrogens with one attached hydrogen (secondary N) is 1. The highest BCUT2D eigenvalue weighted by molar-refractivity contribution is 7.98. The first-order chi connectivity index (χ1) is 9.78. The van der Waals surface area contributed by atoms with E-state index in [4.69, 9.17) is 9.47 Å². The smallest absolute Gasteiger partial charge is 0.165 e. The van der Waals surface area contributed by atoms with Gasteiger partial charge in [0.1, 0.15) is 0 Å². The molecule has 0 aliphatic heterocycles. The summed E-state index contributed by atoms with van der Waals surface area (Å²) >= 11 is 1.73. The van der Waals surface area contributed by atoms with Crippen molar-refractivity contribution in [2.45, 2.75) is 11.4 Å². The van der Waals surface area contributed by atoms with Gasteiger partial charge in [-0.1, -0.05) is 18.2 Å². The maximum atomic E-state index is 5.43. The van der Waals surface area contributed by atoms with Gasteiger partial charge in [0.25, 0.3) is 0 Å². The first-order valence-electron chi connectivity index (χ1n) is 6.36. The van der Waals surface area contributed by atoms with Gasteiger partial charge in [-0.15, -0.1) is 11.8 Å². The monoisotopic (exact) mass is 289 g/mol. The molecule has 0 saturated carbocycles. The number of para-hydroxylation sites is 1. The average molecular weight is 289 g/mol. The van der Waals surface area contributed by atoms with Crippen LogP contribution in [-0.4, -0.2) is 20.5 Å². The number of benzene rings is 2. The molecule has 3 nitrogen and oxygen atoms in total. The van der Waals surface area contributed by atoms with Gasteiger partial charge in [-0.05, 0) is 30.5 Å². The largest absolute Gasteiger partial charge is 0.493 e. The molecular formula is C16H19NO2S. The summed E-state index contributed by atoms with van der Waals surface area (Å²) in [5.41, 5.74) is 2.17. The van der Waals surface area contributed by atoms with E-state index in [9.17, 15) is 0 Å². The van der Waals surface area contributed by atoms with Crippen molar-refractivity contribution in [3.63, 3.8) is 0 Å². The molecule has 0 aliphatic rings. The van der Waals surface area contributed by atoms with E-state index in [0.717, 1.165) is 22.7 Å². The molecule has 2 aromatic rings. The molecular weight excluding hydrogens is 270 g/mol. The summed E-state index contributed by atoms with van der Waals surface area (Å²) in [6, 6.07) is 14.3. The molecule has 2 rings (SSSR count). The van der Waals surface area contributed by atoms with Gasteiger partial charge in [0.15, 0.2) is 11.5 Å². The van der Waals surface area contributed by atoms with Crippen molar-refractivity contribution in [2.75, 3.05) is 25.8 Å². The Morgan fingerprint density at radius 1 is 1.05 bits per heavy atom. The molecule has 0 spiro atoms. The quantitative estimate of drug-likeness (QED) is 0.813. The van der Waals surface area contributed by atoms with Crippen molar-refractivity contribution < 1.29 is 9.47 Å². The van der Waals surface area contributed by atoms with Crippen molar-refractivity contribution in [1.29, 1.82) is 0 Å². The van der Waals surface area contributed by atoms with Crippen molar-refractivity contribution in [3.05, 3.63) is 48.0 Å². The topological polar surface area (TPSA) is 30.5 Å². The van der Waals surface area contributed by atoms with E-state index in [1.54, 1.807) is 26.0 Å². The highest BCUT2D eigenvalue weighted by Gasteiger charge is 2.08. The Morgan fingerprint density at radius 2 is 1.85 bits per heavy atom. The zero-order chi connectivity index (χ0) is 14.4. The SMILES string of the molecule is COc1cccc(CNc2cccc(SC)c2)c1OC. The fourth-order valence-electron chi connectivity index (χ4n) is 2.02. The molecule has 0 radical (unpaired) electrons. The Morgan fingerprint density at radius 3 is 2.55 bits per heavy atom. The molecule has 0 aromatic heterocycles. The van der Waals surface area contributed by atoms with E-state index in [-0.39, 0.29) is 0 Å². The average Bonchev–Trinajstić information content (AvgIpc) is 2.52. The van der Waals surface area contributed by atoms with Gasteiger partial charge in [0.2, 0.25) is 0 Å². The Labute approximate surface area is 124 Å². The van der Waals surface area contributed by atoms with Gasteiger partial charge in [0, 0.05) is 22.7 Å². The lowest BCUT2D eigenvalue weighted by molar-refractivity contribution is 0.352. The first-order valence-corrected chi connectivity index (χ1v) is 7.58. The van der Waals surface area contributed by atoms with E-state index in [0.29, 0.717) is 6.54 Å². The molecule has 0 saturated heterocycles. The van der Waals surface area contributed by atoms with Crippen LogP contribution >= 0.6 is 11.8 Å². The number of ether oxygens (including phenoxy) is 2. The van der Waals surface area contributed by atoms with Crippen LogP contribution in [-0.2, 0) is 6.54 Å². The Bertz CT molecular complexity index is 572. The van der Waals surface area contributed by atoms with Crippen LogP contribution in [0.25, 0.3) is 0 Å². The number of anilines is 1. The molecule has 0 fully saturated rings. The van der Waals surface area contributed by atoms with Crippen LogP contribution in [0, 0.1) is 0 Å². The molecule has 0 atom stereocenters. The lowest BCUT2D eigenvalue weighted by Gasteiger charge is -2.14. The zero-order valence-corrected chi connectivity index (χ0v) is 12.8. The van der Waals surface area contributed by atoms with Crippen LogP contribution in [0.3, 0.4) is 0 Å². The second-order valence-electron chi connectivity index (χ2n) is 4.24. The third-order valence-electron chi connectivity index (χ3n) is 3.04. The molecule has 4 heteroatoms. The molecule has 0 unspecified atom stereocenters. The lowest BCUT2D eigenvalue weighted by atomic mass is 10.1. The summed E-state index contributed by atoms with van der Waals surface area (Å²) in [6.07, 6.45) is 2.07. The first kappa shape index (κ1) is 14.6. The maximum absolute atomic E-state index is 5.43.